The minimum atomic E-state index is -1.16. The van der Waals surface area contributed by atoms with Crippen molar-refractivity contribution in [2.45, 2.75) is 19.9 Å². The Bertz CT molecular complexity index is 393. The van der Waals surface area contributed by atoms with E-state index in [1.54, 1.807) is 13.8 Å². The van der Waals surface area contributed by atoms with E-state index in [0.717, 1.165) is 5.69 Å². The van der Waals surface area contributed by atoms with Crippen LogP contribution in [-0.4, -0.2) is 17.1 Å². The van der Waals surface area contributed by atoms with Gasteiger partial charge in [-0.3, -0.25) is 0 Å². The van der Waals surface area contributed by atoms with Crippen molar-refractivity contribution >= 4 is 29.0 Å². The van der Waals surface area contributed by atoms with E-state index in [2.05, 4.69) is 10.6 Å². The van der Waals surface area contributed by atoms with E-state index in [4.69, 9.17) is 12.2 Å². The van der Waals surface area contributed by atoms with Crippen molar-refractivity contribution in [3.8, 4) is 0 Å². The van der Waals surface area contributed by atoms with Gasteiger partial charge in [0.25, 0.3) is 0 Å². The molecule has 0 saturated heterocycles. The Labute approximate surface area is 106 Å². The highest BCUT2D eigenvalue weighted by molar-refractivity contribution is 7.80. The van der Waals surface area contributed by atoms with Gasteiger partial charge in [0.05, 0.1) is 12.0 Å². The number of hydrogen-bond donors (Lipinski definition) is 2. The van der Waals surface area contributed by atoms with Crippen molar-refractivity contribution in [3.63, 3.8) is 0 Å². The fourth-order valence-corrected chi connectivity index (χ4v) is 1.57. The van der Waals surface area contributed by atoms with E-state index in [9.17, 15) is 9.90 Å². The first kappa shape index (κ1) is 13.4. The predicted octanol–water partition coefficient (Wildman–Crippen LogP) is 0.747. The van der Waals surface area contributed by atoms with Gasteiger partial charge >= 0.3 is 0 Å². The topological polar surface area (TPSA) is 64.2 Å². The van der Waals surface area contributed by atoms with Gasteiger partial charge in [-0.1, -0.05) is 32.0 Å². The molecular formula is C12H15N2O2S-. The number of hydrogen-bond acceptors (Lipinski definition) is 3. The summed E-state index contributed by atoms with van der Waals surface area (Å²) in [5, 5.41) is 16.8. The Morgan fingerprint density at radius 1 is 1.29 bits per heavy atom. The van der Waals surface area contributed by atoms with Crippen LogP contribution in [0.1, 0.15) is 13.8 Å². The molecule has 0 aliphatic heterocycles. The molecule has 0 fully saturated rings. The molecule has 0 spiro atoms. The molecule has 17 heavy (non-hydrogen) atoms. The Morgan fingerprint density at radius 3 is 2.35 bits per heavy atom. The van der Waals surface area contributed by atoms with Crippen LogP contribution in [-0.2, 0) is 4.79 Å². The summed E-state index contributed by atoms with van der Waals surface area (Å²) in [6, 6.07) is 8.51. The second kappa shape index (κ2) is 6.20. The standard InChI is InChI=1S/C12H16N2O2S/c1-8(2)10(11(15)16)14-12(17)13-9-6-4-3-5-7-9/h3-8,10H,1-2H3,(H,15,16)(H2,13,14,17)/p-1/t10-/m1/s1. The molecule has 92 valence electrons. The van der Waals surface area contributed by atoms with Crippen LogP contribution >= 0.6 is 12.2 Å². The van der Waals surface area contributed by atoms with Crippen LogP contribution in [0.5, 0.6) is 0 Å². The van der Waals surface area contributed by atoms with Crippen LogP contribution in [0.3, 0.4) is 0 Å². The molecule has 1 aromatic rings. The van der Waals surface area contributed by atoms with Crippen molar-refractivity contribution in [3.05, 3.63) is 30.3 Å². The lowest BCUT2D eigenvalue weighted by molar-refractivity contribution is -0.309. The van der Waals surface area contributed by atoms with E-state index >= 15 is 0 Å². The van der Waals surface area contributed by atoms with Gasteiger partial charge in [-0.25, -0.2) is 0 Å². The first-order valence-corrected chi connectivity index (χ1v) is 5.75. The maximum absolute atomic E-state index is 10.9. The Hall–Kier alpha value is -1.62. The third-order valence-corrected chi connectivity index (χ3v) is 2.46. The van der Waals surface area contributed by atoms with Crippen LogP contribution in [0.4, 0.5) is 5.69 Å². The second-order valence-electron chi connectivity index (χ2n) is 4.01. The van der Waals surface area contributed by atoms with Crippen molar-refractivity contribution in [2.75, 3.05) is 5.32 Å². The van der Waals surface area contributed by atoms with E-state index in [1.807, 2.05) is 30.3 Å². The number of carbonyl (C=O) groups excluding carboxylic acids is 1. The summed E-state index contributed by atoms with van der Waals surface area (Å²) >= 11 is 5.04. The van der Waals surface area contributed by atoms with Crippen molar-refractivity contribution in [1.29, 1.82) is 0 Å². The van der Waals surface area contributed by atoms with Crippen LogP contribution in [0.15, 0.2) is 30.3 Å². The lowest BCUT2D eigenvalue weighted by Gasteiger charge is -2.24. The van der Waals surface area contributed by atoms with E-state index in [1.165, 1.54) is 0 Å². The average Bonchev–Trinajstić information content (AvgIpc) is 2.26. The summed E-state index contributed by atoms with van der Waals surface area (Å²) < 4.78 is 0. The fraction of sp³-hybridized carbons (Fsp3) is 0.333. The molecule has 0 heterocycles. The van der Waals surface area contributed by atoms with Crippen LogP contribution in [0.2, 0.25) is 0 Å². The molecule has 0 amide bonds. The van der Waals surface area contributed by atoms with Gasteiger partial charge < -0.3 is 20.5 Å². The molecule has 2 N–H and O–H groups in total. The van der Waals surface area contributed by atoms with Crippen LogP contribution < -0.4 is 15.7 Å². The zero-order chi connectivity index (χ0) is 12.8. The maximum Gasteiger partial charge on any atom is 0.171 e. The Balaban J connectivity index is 2.57. The van der Waals surface area contributed by atoms with Crippen molar-refractivity contribution in [1.82, 2.24) is 5.32 Å². The molecule has 1 aromatic carbocycles. The van der Waals surface area contributed by atoms with Gasteiger partial charge in [-0.05, 0) is 30.3 Å². The molecule has 0 aliphatic carbocycles. The number of benzene rings is 1. The summed E-state index contributed by atoms with van der Waals surface area (Å²) in [7, 11) is 0. The van der Waals surface area contributed by atoms with Crippen LogP contribution in [0.25, 0.3) is 0 Å². The van der Waals surface area contributed by atoms with Crippen LogP contribution in [0, 0.1) is 5.92 Å². The zero-order valence-electron chi connectivity index (χ0n) is 9.77. The summed E-state index contributed by atoms with van der Waals surface area (Å²) in [6.07, 6.45) is 0. The quantitative estimate of drug-likeness (QED) is 0.773. The highest BCUT2D eigenvalue weighted by Gasteiger charge is 2.15. The third kappa shape index (κ3) is 4.40. The van der Waals surface area contributed by atoms with Crippen molar-refractivity contribution in [2.24, 2.45) is 5.92 Å². The van der Waals surface area contributed by atoms with Crippen molar-refractivity contribution < 1.29 is 9.90 Å². The highest BCUT2D eigenvalue weighted by Crippen LogP contribution is 2.06. The molecule has 1 rings (SSSR count). The van der Waals surface area contributed by atoms with Gasteiger partial charge in [-0.15, -0.1) is 0 Å². The number of aliphatic carboxylic acids is 1. The maximum atomic E-state index is 10.9. The molecule has 4 nitrogen and oxygen atoms in total. The molecule has 5 heteroatoms. The lowest BCUT2D eigenvalue weighted by atomic mass is 10.1. The van der Waals surface area contributed by atoms with Gasteiger partial charge in [0, 0.05) is 5.69 Å². The Morgan fingerprint density at radius 2 is 1.88 bits per heavy atom. The smallest absolute Gasteiger partial charge is 0.171 e. The largest absolute Gasteiger partial charge is 0.548 e. The van der Waals surface area contributed by atoms with Gasteiger partial charge in [0.15, 0.2) is 5.11 Å². The SMILES string of the molecule is CC(C)[C@@H](NC(=S)Nc1ccccc1)C(=O)[O-]. The molecule has 1 atom stereocenters. The normalized spacial score (nSPS) is 11.9. The summed E-state index contributed by atoms with van der Waals surface area (Å²) in [4.78, 5) is 10.9. The number of thiocarbonyl (C=S) groups is 1. The number of rotatable bonds is 4. The summed E-state index contributed by atoms with van der Waals surface area (Å²) in [5.74, 6) is -1.26. The minimum absolute atomic E-state index is 0.101. The van der Waals surface area contributed by atoms with E-state index in [0.29, 0.717) is 0 Å². The predicted molar refractivity (Wildman–Crippen MR) is 69.4 cm³/mol. The summed E-state index contributed by atoms with van der Waals surface area (Å²) in [5.41, 5.74) is 0.811. The first-order chi connectivity index (χ1) is 8.00. The minimum Gasteiger partial charge on any atom is -0.548 e. The molecule has 0 aliphatic rings. The molecule has 0 unspecified atom stereocenters. The molecule has 0 aromatic heterocycles. The Kier molecular flexibility index (Phi) is 4.90. The first-order valence-electron chi connectivity index (χ1n) is 5.34. The van der Waals surface area contributed by atoms with E-state index < -0.39 is 12.0 Å². The molecule has 0 radical (unpaired) electrons. The number of carboxylic acids is 1. The molecule has 0 saturated carbocycles. The average molecular weight is 251 g/mol. The third-order valence-electron chi connectivity index (χ3n) is 2.24. The van der Waals surface area contributed by atoms with Gasteiger partial charge in [0.2, 0.25) is 0 Å². The number of carboxylic acid groups (broad SMARTS) is 1. The zero-order valence-corrected chi connectivity index (χ0v) is 10.6. The van der Waals surface area contributed by atoms with Gasteiger partial charge in [0.1, 0.15) is 0 Å². The monoisotopic (exact) mass is 251 g/mol. The highest BCUT2D eigenvalue weighted by atomic mass is 32.1. The number of para-hydroxylation sites is 1. The second-order valence-corrected chi connectivity index (χ2v) is 4.41. The number of nitrogens with one attached hydrogen (secondary N) is 2. The van der Waals surface area contributed by atoms with E-state index in [-0.39, 0.29) is 11.0 Å². The van der Waals surface area contributed by atoms with Gasteiger partial charge in [-0.2, -0.15) is 0 Å². The molecule has 0 bridgehead atoms. The fourth-order valence-electron chi connectivity index (χ4n) is 1.33. The lowest BCUT2D eigenvalue weighted by Crippen LogP contribution is -2.51. The molecular weight excluding hydrogens is 236 g/mol. The number of anilines is 1. The summed E-state index contributed by atoms with van der Waals surface area (Å²) in [6.45, 7) is 3.58. The number of carbonyl (C=O) groups is 1.